The van der Waals surface area contributed by atoms with E-state index in [0.29, 0.717) is 10.6 Å². The maximum Gasteiger partial charge on any atom is 0.265 e. The topological polar surface area (TPSA) is 67.9 Å². The number of carbonyl (C=O) groups excluding carboxylic acids is 2. The lowest BCUT2D eigenvalue weighted by atomic mass is 9.94. The summed E-state index contributed by atoms with van der Waals surface area (Å²) in [6, 6.07) is 18.0. The number of hydrogen-bond acceptors (Lipinski definition) is 5. The molecular weight excluding hydrogens is 460 g/mol. The zero-order chi connectivity index (χ0) is 24.6. The van der Waals surface area contributed by atoms with Crippen LogP contribution in [0.5, 0.6) is 11.5 Å². The third-order valence-corrected chi connectivity index (χ3v) is 7.31. The third-order valence-electron chi connectivity index (χ3n) is 6.45. The predicted molar refractivity (Wildman–Crippen MR) is 138 cm³/mol. The third kappa shape index (κ3) is 6.22. The van der Waals surface area contributed by atoms with Crippen LogP contribution in [0.1, 0.15) is 58.9 Å². The molecule has 1 saturated carbocycles. The quantitative estimate of drug-likeness (QED) is 0.422. The van der Waals surface area contributed by atoms with Crippen LogP contribution in [-0.4, -0.2) is 37.0 Å². The molecule has 1 atom stereocenters. The molecule has 184 valence electrons. The Kier molecular flexibility index (Phi) is 8.42. The van der Waals surface area contributed by atoms with E-state index in [9.17, 15) is 9.59 Å². The van der Waals surface area contributed by atoms with Crippen molar-refractivity contribution in [3.8, 4) is 11.5 Å². The summed E-state index contributed by atoms with van der Waals surface area (Å²) in [5.74, 6) is 1.12. The van der Waals surface area contributed by atoms with E-state index in [2.05, 4.69) is 5.32 Å². The van der Waals surface area contributed by atoms with Crippen molar-refractivity contribution >= 4 is 23.2 Å². The van der Waals surface area contributed by atoms with Gasteiger partial charge in [-0.25, -0.2) is 0 Å². The average Bonchev–Trinajstić information content (AvgIpc) is 3.44. The molecule has 35 heavy (non-hydrogen) atoms. The number of nitrogens with zero attached hydrogens (tertiary/aromatic N) is 1. The van der Waals surface area contributed by atoms with Gasteiger partial charge in [0.15, 0.2) is 0 Å². The summed E-state index contributed by atoms with van der Waals surface area (Å²) in [7, 11) is 3.23. The summed E-state index contributed by atoms with van der Waals surface area (Å²) in [6.45, 7) is 0.287. The molecule has 4 rings (SSSR count). The molecule has 1 heterocycles. The Morgan fingerprint density at radius 1 is 0.943 bits per heavy atom. The zero-order valence-corrected chi connectivity index (χ0v) is 21.1. The minimum atomic E-state index is -0.778. The lowest BCUT2D eigenvalue weighted by molar-refractivity contribution is -0.127. The van der Waals surface area contributed by atoms with Gasteiger partial charge in [0.1, 0.15) is 17.5 Å². The minimum absolute atomic E-state index is 0.136. The van der Waals surface area contributed by atoms with Crippen LogP contribution in [0.15, 0.2) is 66.0 Å². The number of methoxy groups -OCH3 is 2. The number of benzene rings is 2. The molecule has 1 fully saturated rings. The van der Waals surface area contributed by atoms with Gasteiger partial charge in [-0.15, -0.1) is 11.3 Å². The van der Waals surface area contributed by atoms with Gasteiger partial charge in [-0.05, 0) is 59.7 Å². The van der Waals surface area contributed by atoms with Gasteiger partial charge in [0, 0.05) is 12.6 Å². The Bertz CT molecular complexity index is 1090. The number of amides is 2. The lowest BCUT2D eigenvalue weighted by Crippen LogP contribution is -2.46. The Morgan fingerprint density at radius 2 is 1.57 bits per heavy atom. The highest BCUT2D eigenvalue weighted by Crippen LogP contribution is 2.30. The smallest absolute Gasteiger partial charge is 0.265 e. The number of rotatable bonds is 9. The Hall–Kier alpha value is -3.32. The van der Waals surface area contributed by atoms with Crippen LogP contribution >= 0.6 is 11.3 Å². The van der Waals surface area contributed by atoms with Crippen molar-refractivity contribution in [1.29, 1.82) is 0 Å². The molecule has 6 nitrogen and oxygen atoms in total. The molecule has 1 N–H and O–H groups in total. The van der Waals surface area contributed by atoms with Crippen molar-refractivity contribution in [2.75, 3.05) is 14.2 Å². The van der Waals surface area contributed by atoms with Gasteiger partial charge in [-0.2, -0.15) is 0 Å². The first-order valence-corrected chi connectivity index (χ1v) is 12.9. The van der Waals surface area contributed by atoms with Crippen molar-refractivity contribution < 1.29 is 19.1 Å². The van der Waals surface area contributed by atoms with E-state index < -0.39 is 6.04 Å². The van der Waals surface area contributed by atoms with Gasteiger partial charge < -0.3 is 19.7 Å². The zero-order valence-electron chi connectivity index (χ0n) is 20.2. The highest BCUT2D eigenvalue weighted by molar-refractivity contribution is 7.12. The summed E-state index contributed by atoms with van der Waals surface area (Å²) in [6.07, 6.45) is 5.37. The van der Waals surface area contributed by atoms with Gasteiger partial charge in [0.2, 0.25) is 5.91 Å². The average molecular weight is 493 g/mol. The molecule has 1 aliphatic carbocycles. The Balaban J connectivity index is 1.71. The summed E-state index contributed by atoms with van der Waals surface area (Å²) < 4.78 is 10.6. The molecule has 1 aliphatic rings. The predicted octanol–water partition coefficient (Wildman–Crippen LogP) is 5.60. The Morgan fingerprint density at radius 3 is 2.14 bits per heavy atom. The van der Waals surface area contributed by atoms with E-state index in [1.807, 2.05) is 60.0 Å². The highest BCUT2D eigenvalue weighted by Gasteiger charge is 2.34. The monoisotopic (exact) mass is 492 g/mol. The van der Waals surface area contributed by atoms with Crippen LogP contribution in [0.25, 0.3) is 0 Å². The van der Waals surface area contributed by atoms with Crippen LogP contribution in [0, 0.1) is 0 Å². The normalized spacial score (nSPS) is 14.7. The maximum absolute atomic E-state index is 13.8. The first-order chi connectivity index (χ1) is 17.1. The van der Waals surface area contributed by atoms with E-state index in [1.54, 1.807) is 25.2 Å². The molecule has 0 bridgehead atoms. The SMILES string of the molecule is COc1ccc(CN(C(=O)c2cccs2)C(C(=O)NC2CCCCC2)c2ccc(OC)cc2)cc1. The molecule has 7 heteroatoms. The van der Waals surface area contributed by atoms with Gasteiger partial charge in [-0.1, -0.05) is 49.6 Å². The summed E-state index contributed by atoms with van der Waals surface area (Å²) >= 11 is 1.38. The van der Waals surface area contributed by atoms with E-state index in [4.69, 9.17) is 9.47 Å². The van der Waals surface area contributed by atoms with E-state index >= 15 is 0 Å². The largest absolute Gasteiger partial charge is 0.497 e. The molecule has 2 aromatic carbocycles. The number of nitrogens with one attached hydrogen (secondary N) is 1. The second kappa shape index (κ2) is 11.9. The fourth-order valence-corrected chi connectivity index (χ4v) is 5.21. The lowest BCUT2D eigenvalue weighted by Gasteiger charge is -2.33. The molecule has 0 radical (unpaired) electrons. The summed E-state index contributed by atoms with van der Waals surface area (Å²) in [5, 5.41) is 5.13. The second-order valence-electron chi connectivity index (χ2n) is 8.78. The van der Waals surface area contributed by atoms with Crippen LogP contribution in [-0.2, 0) is 11.3 Å². The number of ether oxygens (including phenoxy) is 2. The van der Waals surface area contributed by atoms with Crippen molar-refractivity contribution in [3.05, 3.63) is 82.0 Å². The molecule has 1 unspecified atom stereocenters. The summed E-state index contributed by atoms with van der Waals surface area (Å²) in [4.78, 5) is 29.9. The molecule has 0 spiro atoms. The van der Waals surface area contributed by atoms with Gasteiger partial charge in [-0.3, -0.25) is 9.59 Å². The number of thiophene rings is 1. The maximum atomic E-state index is 13.8. The fourth-order valence-electron chi connectivity index (χ4n) is 4.54. The molecule has 3 aromatic rings. The van der Waals surface area contributed by atoms with Gasteiger partial charge >= 0.3 is 0 Å². The number of hydrogen-bond donors (Lipinski definition) is 1. The Labute approximate surface area is 210 Å². The molecule has 0 aliphatic heterocycles. The van der Waals surface area contributed by atoms with Crippen LogP contribution < -0.4 is 14.8 Å². The first-order valence-electron chi connectivity index (χ1n) is 12.0. The molecular formula is C28H32N2O4S. The van der Waals surface area contributed by atoms with Crippen molar-refractivity contribution in [3.63, 3.8) is 0 Å². The molecule has 2 amide bonds. The van der Waals surface area contributed by atoms with Crippen LogP contribution in [0.4, 0.5) is 0 Å². The highest BCUT2D eigenvalue weighted by atomic mass is 32.1. The van der Waals surface area contributed by atoms with E-state index in [0.717, 1.165) is 42.6 Å². The molecule has 1 aromatic heterocycles. The van der Waals surface area contributed by atoms with Crippen molar-refractivity contribution in [1.82, 2.24) is 10.2 Å². The van der Waals surface area contributed by atoms with Crippen LogP contribution in [0.2, 0.25) is 0 Å². The van der Waals surface area contributed by atoms with Crippen LogP contribution in [0.3, 0.4) is 0 Å². The van der Waals surface area contributed by atoms with Crippen molar-refractivity contribution in [2.45, 2.75) is 50.7 Å². The van der Waals surface area contributed by atoms with Gasteiger partial charge in [0.25, 0.3) is 5.91 Å². The number of carbonyl (C=O) groups is 2. The van der Waals surface area contributed by atoms with E-state index in [1.165, 1.54) is 17.8 Å². The van der Waals surface area contributed by atoms with E-state index in [-0.39, 0.29) is 24.4 Å². The van der Waals surface area contributed by atoms with Gasteiger partial charge in [0.05, 0.1) is 19.1 Å². The summed E-state index contributed by atoms with van der Waals surface area (Å²) in [5.41, 5.74) is 1.66. The second-order valence-corrected chi connectivity index (χ2v) is 9.73. The first kappa shape index (κ1) is 24.8. The minimum Gasteiger partial charge on any atom is -0.497 e. The van der Waals surface area contributed by atoms with Crippen molar-refractivity contribution in [2.24, 2.45) is 0 Å². The standard InChI is InChI=1S/C28H32N2O4S/c1-33-23-14-10-20(11-15-23)19-30(28(32)25-9-6-18-35-25)26(21-12-16-24(34-2)17-13-21)27(31)29-22-7-4-3-5-8-22/h6,9-18,22,26H,3-5,7-8,19H2,1-2H3,(H,29,31). The fraction of sp³-hybridized carbons (Fsp3) is 0.357. The molecule has 0 saturated heterocycles.